The Morgan fingerprint density at radius 3 is 2.48 bits per heavy atom. The van der Waals surface area contributed by atoms with E-state index < -0.39 is 5.91 Å². The zero-order chi connectivity index (χ0) is 22.2. The highest BCUT2D eigenvalue weighted by molar-refractivity contribution is 9.10. The third kappa shape index (κ3) is 6.30. The first-order chi connectivity index (χ1) is 15.0. The van der Waals surface area contributed by atoms with Gasteiger partial charge in [-0.3, -0.25) is 4.79 Å². The summed E-state index contributed by atoms with van der Waals surface area (Å²) in [5.74, 6) is 0.128. The highest BCUT2D eigenvalue weighted by atomic mass is 79.9. The van der Waals surface area contributed by atoms with Gasteiger partial charge in [0.25, 0.3) is 5.91 Å². The van der Waals surface area contributed by atoms with Crippen LogP contribution in [-0.2, 0) is 17.8 Å². The molecule has 0 unspecified atom stereocenters. The van der Waals surface area contributed by atoms with E-state index in [0.29, 0.717) is 23.6 Å². The topological polar surface area (TPSA) is 62.1 Å². The van der Waals surface area contributed by atoms with E-state index in [1.54, 1.807) is 6.08 Å². The van der Waals surface area contributed by atoms with Crippen molar-refractivity contribution in [2.75, 3.05) is 5.32 Å². The molecular weight excluding hydrogens is 520 g/mol. The number of hydrogen-bond donors (Lipinski definition) is 1. The molecule has 156 valence electrons. The Labute approximate surface area is 198 Å². The SMILES string of the molecule is CCc1ccccc1NC(=O)/C(C#N)=C/c1cc(Br)ccc1OCc1ccc(Br)cc1. The maximum atomic E-state index is 12.8. The second kappa shape index (κ2) is 10.9. The summed E-state index contributed by atoms with van der Waals surface area (Å²) in [4.78, 5) is 12.8. The molecule has 0 fully saturated rings. The van der Waals surface area contributed by atoms with Gasteiger partial charge >= 0.3 is 0 Å². The van der Waals surface area contributed by atoms with Crippen molar-refractivity contribution in [2.24, 2.45) is 0 Å². The van der Waals surface area contributed by atoms with Gasteiger partial charge in [-0.2, -0.15) is 5.26 Å². The van der Waals surface area contributed by atoms with Crippen molar-refractivity contribution in [2.45, 2.75) is 20.0 Å². The molecule has 0 saturated heterocycles. The van der Waals surface area contributed by atoms with Gasteiger partial charge in [0.15, 0.2) is 0 Å². The minimum absolute atomic E-state index is 0.00232. The van der Waals surface area contributed by atoms with Gasteiger partial charge in [0.2, 0.25) is 0 Å². The number of anilines is 1. The predicted molar refractivity (Wildman–Crippen MR) is 131 cm³/mol. The normalized spacial score (nSPS) is 11.0. The Bertz CT molecular complexity index is 1150. The largest absolute Gasteiger partial charge is 0.488 e. The maximum Gasteiger partial charge on any atom is 0.266 e. The number of hydrogen-bond acceptors (Lipinski definition) is 3. The summed E-state index contributed by atoms with van der Waals surface area (Å²) in [6, 6.07) is 22.9. The predicted octanol–water partition coefficient (Wildman–Crippen LogP) is 6.90. The van der Waals surface area contributed by atoms with E-state index in [2.05, 4.69) is 37.2 Å². The molecule has 0 radical (unpaired) electrons. The van der Waals surface area contributed by atoms with Crippen LogP contribution in [0.1, 0.15) is 23.6 Å². The first-order valence-electron chi connectivity index (χ1n) is 9.68. The molecule has 3 aromatic carbocycles. The number of aryl methyl sites for hydroxylation is 1. The fraction of sp³-hybridized carbons (Fsp3) is 0.120. The van der Waals surface area contributed by atoms with Crippen LogP contribution in [-0.4, -0.2) is 5.91 Å². The van der Waals surface area contributed by atoms with Crippen molar-refractivity contribution in [1.82, 2.24) is 0 Å². The lowest BCUT2D eigenvalue weighted by atomic mass is 10.1. The van der Waals surface area contributed by atoms with Crippen molar-refractivity contribution in [1.29, 1.82) is 5.26 Å². The average Bonchev–Trinajstić information content (AvgIpc) is 2.78. The number of ether oxygens (including phenoxy) is 1. The van der Waals surface area contributed by atoms with E-state index in [1.807, 2.05) is 79.7 Å². The van der Waals surface area contributed by atoms with Crippen LogP contribution in [0.25, 0.3) is 6.08 Å². The lowest BCUT2D eigenvalue weighted by molar-refractivity contribution is -0.112. The minimum atomic E-state index is -0.456. The number of benzene rings is 3. The molecule has 4 nitrogen and oxygen atoms in total. The Morgan fingerprint density at radius 1 is 1.06 bits per heavy atom. The number of para-hydroxylation sites is 1. The van der Waals surface area contributed by atoms with Crippen molar-refractivity contribution in [3.8, 4) is 11.8 Å². The molecule has 0 aromatic heterocycles. The summed E-state index contributed by atoms with van der Waals surface area (Å²) in [7, 11) is 0. The van der Waals surface area contributed by atoms with E-state index in [1.165, 1.54) is 0 Å². The molecular formula is C25H20Br2N2O2. The Hall–Kier alpha value is -2.88. The number of rotatable bonds is 7. The van der Waals surface area contributed by atoms with Gasteiger partial charge in [-0.05, 0) is 60.0 Å². The van der Waals surface area contributed by atoms with E-state index in [9.17, 15) is 10.1 Å². The summed E-state index contributed by atoms with van der Waals surface area (Å²) in [5, 5.41) is 12.5. The number of nitrogens with one attached hydrogen (secondary N) is 1. The highest BCUT2D eigenvalue weighted by Crippen LogP contribution is 2.27. The molecule has 6 heteroatoms. The van der Waals surface area contributed by atoms with Crippen LogP contribution < -0.4 is 10.1 Å². The van der Waals surface area contributed by atoms with Crippen molar-refractivity contribution in [3.05, 3.63) is 97.9 Å². The van der Waals surface area contributed by atoms with Gasteiger partial charge in [0.1, 0.15) is 24.0 Å². The highest BCUT2D eigenvalue weighted by Gasteiger charge is 2.13. The summed E-state index contributed by atoms with van der Waals surface area (Å²) >= 11 is 6.87. The number of nitrogens with zero attached hydrogens (tertiary/aromatic N) is 1. The molecule has 0 aliphatic heterocycles. The minimum Gasteiger partial charge on any atom is -0.488 e. The standard InChI is InChI=1S/C25H20Br2N2O2/c1-2-18-5-3-4-6-23(18)29-25(30)20(15-28)13-19-14-22(27)11-12-24(19)31-16-17-7-9-21(26)10-8-17/h3-14H,2,16H2,1H3,(H,29,30)/b20-13+. The molecule has 1 N–H and O–H groups in total. The molecule has 0 spiro atoms. The molecule has 3 aromatic rings. The zero-order valence-electron chi connectivity index (χ0n) is 16.9. The Balaban J connectivity index is 1.84. The molecule has 3 rings (SSSR count). The quantitative estimate of drug-likeness (QED) is 0.262. The van der Waals surface area contributed by atoms with Crippen LogP contribution in [0.3, 0.4) is 0 Å². The van der Waals surface area contributed by atoms with Gasteiger partial charge in [-0.15, -0.1) is 0 Å². The molecule has 0 bridgehead atoms. The number of carbonyl (C=O) groups excluding carboxylic acids is 1. The monoisotopic (exact) mass is 538 g/mol. The number of carbonyl (C=O) groups is 1. The van der Waals surface area contributed by atoms with Crippen LogP contribution in [0.5, 0.6) is 5.75 Å². The Morgan fingerprint density at radius 2 is 1.77 bits per heavy atom. The van der Waals surface area contributed by atoms with Crippen molar-refractivity contribution < 1.29 is 9.53 Å². The number of amides is 1. The van der Waals surface area contributed by atoms with Crippen molar-refractivity contribution in [3.63, 3.8) is 0 Å². The molecule has 0 atom stereocenters. The smallest absolute Gasteiger partial charge is 0.266 e. The van der Waals surface area contributed by atoms with Gasteiger partial charge < -0.3 is 10.1 Å². The third-order valence-electron chi connectivity index (χ3n) is 4.59. The summed E-state index contributed by atoms with van der Waals surface area (Å²) in [6.45, 7) is 2.39. The second-order valence-electron chi connectivity index (χ2n) is 6.73. The van der Waals surface area contributed by atoms with Gasteiger partial charge in [0.05, 0.1) is 0 Å². The fourth-order valence-electron chi connectivity index (χ4n) is 2.95. The molecule has 0 aliphatic carbocycles. The molecule has 0 aliphatic rings. The van der Waals surface area contributed by atoms with Crippen LogP contribution in [0.2, 0.25) is 0 Å². The summed E-state index contributed by atoms with van der Waals surface area (Å²) < 4.78 is 7.80. The number of nitriles is 1. The molecule has 0 heterocycles. The average molecular weight is 540 g/mol. The Kier molecular flexibility index (Phi) is 8.05. The van der Waals surface area contributed by atoms with Crippen molar-refractivity contribution >= 4 is 49.5 Å². The summed E-state index contributed by atoms with van der Waals surface area (Å²) in [6.07, 6.45) is 2.33. The zero-order valence-corrected chi connectivity index (χ0v) is 20.0. The first kappa shape index (κ1) is 22.8. The number of halogens is 2. The lowest BCUT2D eigenvalue weighted by Crippen LogP contribution is -2.14. The van der Waals surface area contributed by atoms with Crippen LogP contribution in [0, 0.1) is 11.3 Å². The van der Waals surface area contributed by atoms with Crippen LogP contribution in [0.15, 0.2) is 81.2 Å². The van der Waals surface area contributed by atoms with Gasteiger partial charge in [-0.25, -0.2) is 0 Å². The first-order valence-corrected chi connectivity index (χ1v) is 11.3. The van der Waals surface area contributed by atoms with E-state index in [4.69, 9.17) is 4.74 Å². The van der Waals surface area contributed by atoms with E-state index in [-0.39, 0.29) is 5.57 Å². The second-order valence-corrected chi connectivity index (χ2v) is 8.56. The maximum absolute atomic E-state index is 12.8. The molecule has 1 amide bonds. The van der Waals surface area contributed by atoms with E-state index >= 15 is 0 Å². The fourth-order valence-corrected chi connectivity index (χ4v) is 3.59. The molecule has 0 saturated carbocycles. The third-order valence-corrected chi connectivity index (χ3v) is 5.61. The van der Waals surface area contributed by atoms with E-state index in [0.717, 1.165) is 26.5 Å². The summed E-state index contributed by atoms with van der Waals surface area (Å²) in [5.41, 5.74) is 3.36. The van der Waals surface area contributed by atoms with Crippen LogP contribution >= 0.6 is 31.9 Å². The lowest BCUT2D eigenvalue weighted by Gasteiger charge is -2.12. The van der Waals surface area contributed by atoms with Gasteiger partial charge in [-0.1, -0.05) is 69.1 Å². The van der Waals surface area contributed by atoms with Gasteiger partial charge in [0, 0.05) is 20.2 Å². The van der Waals surface area contributed by atoms with Crippen LogP contribution in [0.4, 0.5) is 5.69 Å². The molecule has 31 heavy (non-hydrogen) atoms.